The maximum absolute atomic E-state index is 5.93. The molecule has 23 heavy (non-hydrogen) atoms. The summed E-state index contributed by atoms with van der Waals surface area (Å²) in [6.07, 6.45) is 10.4. The van der Waals surface area contributed by atoms with E-state index in [2.05, 4.69) is 22.5 Å². The van der Waals surface area contributed by atoms with E-state index in [4.69, 9.17) is 14.5 Å². The topological polar surface area (TPSA) is 68.3 Å². The first kappa shape index (κ1) is 14.0. The molecule has 2 N–H and O–H groups in total. The van der Waals surface area contributed by atoms with Crippen LogP contribution in [0.2, 0.25) is 0 Å². The van der Waals surface area contributed by atoms with Gasteiger partial charge in [-0.15, -0.1) is 0 Å². The zero-order chi connectivity index (χ0) is 15.4. The number of hydrogen-bond acceptors (Lipinski definition) is 6. The summed E-state index contributed by atoms with van der Waals surface area (Å²) in [5.41, 5.74) is 1.09. The highest BCUT2D eigenvalue weighted by atomic mass is 16.5. The maximum Gasteiger partial charge on any atom is 0.224 e. The third-order valence-corrected chi connectivity index (χ3v) is 5.82. The van der Waals surface area contributed by atoms with Crippen LogP contribution in [0.4, 0.5) is 11.8 Å². The molecule has 6 heteroatoms. The molecule has 4 saturated heterocycles. The molecule has 124 valence electrons. The van der Waals surface area contributed by atoms with Crippen LogP contribution in [0.3, 0.4) is 0 Å². The summed E-state index contributed by atoms with van der Waals surface area (Å²) in [5.74, 6) is 1.65. The Bertz CT molecular complexity index is 610. The number of anilines is 2. The Morgan fingerprint density at radius 3 is 2.17 bits per heavy atom. The summed E-state index contributed by atoms with van der Waals surface area (Å²) in [5, 5.41) is 7.07. The SMILES string of the molecule is Cc1cnc(NC2CC3CCC2O3)nc1NC1CC2CCC1O2. The summed E-state index contributed by atoms with van der Waals surface area (Å²) in [6.45, 7) is 2.06. The quantitative estimate of drug-likeness (QED) is 0.888. The average Bonchev–Trinajstić information content (AvgIpc) is 3.31. The number of nitrogens with one attached hydrogen (secondary N) is 2. The minimum absolute atomic E-state index is 0.334. The molecule has 6 unspecified atom stereocenters. The highest BCUT2D eigenvalue weighted by Gasteiger charge is 2.42. The van der Waals surface area contributed by atoms with Crippen LogP contribution < -0.4 is 10.6 Å². The van der Waals surface area contributed by atoms with Gasteiger partial charge in [0.1, 0.15) is 5.82 Å². The second-order valence-corrected chi connectivity index (χ2v) is 7.45. The van der Waals surface area contributed by atoms with Crippen LogP contribution in [0.15, 0.2) is 6.20 Å². The molecule has 4 bridgehead atoms. The molecular weight excluding hydrogens is 292 g/mol. The van der Waals surface area contributed by atoms with Crippen molar-refractivity contribution in [3.8, 4) is 0 Å². The summed E-state index contributed by atoms with van der Waals surface area (Å²) >= 11 is 0. The monoisotopic (exact) mass is 316 g/mol. The van der Waals surface area contributed by atoms with Gasteiger partial charge in [0.2, 0.25) is 5.95 Å². The first-order valence-electron chi connectivity index (χ1n) is 8.92. The predicted molar refractivity (Wildman–Crippen MR) is 86.6 cm³/mol. The van der Waals surface area contributed by atoms with Crippen molar-refractivity contribution in [2.24, 2.45) is 0 Å². The third kappa shape index (κ3) is 2.48. The van der Waals surface area contributed by atoms with E-state index in [1.54, 1.807) is 0 Å². The highest BCUT2D eigenvalue weighted by Crippen LogP contribution is 2.37. The predicted octanol–water partition coefficient (Wildman–Crippen LogP) is 2.25. The molecule has 4 aliphatic heterocycles. The van der Waals surface area contributed by atoms with Gasteiger partial charge in [0.05, 0.1) is 36.5 Å². The minimum Gasteiger partial charge on any atom is -0.373 e. The third-order valence-electron chi connectivity index (χ3n) is 5.82. The Hall–Kier alpha value is -1.40. The van der Waals surface area contributed by atoms with Crippen LogP contribution in [0, 0.1) is 6.92 Å². The van der Waals surface area contributed by atoms with Crippen LogP contribution in [-0.4, -0.2) is 46.5 Å². The summed E-state index contributed by atoms with van der Waals surface area (Å²) in [4.78, 5) is 9.18. The van der Waals surface area contributed by atoms with Crippen molar-refractivity contribution in [2.45, 2.75) is 81.9 Å². The highest BCUT2D eigenvalue weighted by molar-refractivity contribution is 5.48. The lowest BCUT2D eigenvalue weighted by molar-refractivity contribution is 0.102. The van der Waals surface area contributed by atoms with Gasteiger partial charge in [0, 0.05) is 11.8 Å². The van der Waals surface area contributed by atoms with Crippen molar-refractivity contribution in [3.05, 3.63) is 11.8 Å². The van der Waals surface area contributed by atoms with Crippen molar-refractivity contribution < 1.29 is 9.47 Å². The molecule has 0 aliphatic carbocycles. The standard InChI is InChI=1S/C17H24N4O2/c1-9-8-18-17(20-13-7-11-3-5-15(13)23-11)21-16(9)19-12-6-10-2-4-14(12)22-10/h8,10-15H,2-7H2,1H3,(H2,18,19,20,21). The van der Waals surface area contributed by atoms with E-state index in [-0.39, 0.29) is 0 Å². The van der Waals surface area contributed by atoms with E-state index < -0.39 is 0 Å². The molecule has 0 amide bonds. The van der Waals surface area contributed by atoms with E-state index in [1.165, 1.54) is 19.3 Å². The fourth-order valence-corrected chi connectivity index (χ4v) is 4.58. The van der Waals surface area contributed by atoms with Crippen molar-refractivity contribution >= 4 is 11.8 Å². The zero-order valence-corrected chi connectivity index (χ0v) is 13.5. The van der Waals surface area contributed by atoms with E-state index in [1.807, 2.05) is 6.20 Å². The Morgan fingerprint density at radius 1 is 0.957 bits per heavy atom. The average molecular weight is 316 g/mol. The van der Waals surface area contributed by atoms with Crippen molar-refractivity contribution in [1.82, 2.24) is 9.97 Å². The second-order valence-electron chi connectivity index (χ2n) is 7.45. The van der Waals surface area contributed by atoms with E-state index in [9.17, 15) is 0 Å². The van der Waals surface area contributed by atoms with Gasteiger partial charge in [-0.25, -0.2) is 4.98 Å². The molecule has 5 rings (SSSR count). The van der Waals surface area contributed by atoms with E-state index >= 15 is 0 Å². The van der Waals surface area contributed by atoms with E-state index in [0.29, 0.717) is 42.4 Å². The normalized spacial score (nSPS) is 40.7. The van der Waals surface area contributed by atoms with Crippen LogP contribution >= 0.6 is 0 Å². The Kier molecular flexibility index (Phi) is 3.23. The molecule has 6 nitrogen and oxygen atoms in total. The second kappa shape index (κ2) is 5.31. The smallest absolute Gasteiger partial charge is 0.224 e. The molecule has 0 saturated carbocycles. The molecule has 6 atom stereocenters. The largest absolute Gasteiger partial charge is 0.373 e. The number of aryl methyl sites for hydroxylation is 1. The van der Waals surface area contributed by atoms with Gasteiger partial charge >= 0.3 is 0 Å². The fraction of sp³-hybridized carbons (Fsp3) is 0.765. The number of aromatic nitrogens is 2. The lowest BCUT2D eigenvalue weighted by Crippen LogP contribution is -2.33. The molecule has 4 aliphatic rings. The molecule has 1 aromatic rings. The molecular formula is C17H24N4O2. The van der Waals surface area contributed by atoms with Crippen molar-refractivity contribution in [3.63, 3.8) is 0 Å². The first-order valence-corrected chi connectivity index (χ1v) is 8.92. The molecule has 0 spiro atoms. The number of ether oxygens (including phenoxy) is 2. The van der Waals surface area contributed by atoms with E-state index in [0.717, 1.165) is 30.6 Å². The van der Waals surface area contributed by atoms with Gasteiger partial charge in [-0.05, 0) is 45.4 Å². The first-order chi connectivity index (χ1) is 11.2. The molecule has 0 aromatic carbocycles. The van der Waals surface area contributed by atoms with Crippen molar-refractivity contribution in [2.75, 3.05) is 10.6 Å². The maximum atomic E-state index is 5.93. The Balaban J connectivity index is 1.29. The van der Waals surface area contributed by atoms with Gasteiger partial charge in [-0.3, -0.25) is 0 Å². The number of rotatable bonds is 4. The zero-order valence-electron chi connectivity index (χ0n) is 13.5. The summed E-state index contributed by atoms with van der Waals surface area (Å²) in [7, 11) is 0. The van der Waals surface area contributed by atoms with Crippen molar-refractivity contribution in [1.29, 1.82) is 0 Å². The van der Waals surface area contributed by atoms with Gasteiger partial charge in [0.15, 0.2) is 0 Å². The molecule has 5 heterocycles. The summed E-state index contributed by atoms with van der Waals surface area (Å²) in [6, 6.07) is 0.746. The van der Waals surface area contributed by atoms with Gasteiger partial charge in [0.25, 0.3) is 0 Å². The number of nitrogens with zero attached hydrogens (tertiary/aromatic N) is 2. The minimum atomic E-state index is 0.334. The lowest BCUT2D eigenvalue weighted by Gasteiger charge is -2.23. The fourth-order valence-electron chi connectivity index (χ4n) is 4.58. The molecule has 4 fully saturated rings. The Labute approximate surface area is 136 Å². The van der Waals surface area contributed by atoms with Gasteiger partial charge in [-0.2, -0.15) is 4.98 Å². The molecule has 0 radical (unpaired) electrons. The summed E-state index contributed by atoms with van der Waals surface area (Å²) < 4.78 is 11.8. The Morgan fingerprint density at radius 2 is 1.61 bits per heavy atom. The van der Waals surface area contributed by atoms with Crippen LogP contribution in [-0.2, 0) is 9.47 Å². The van der Waals surface area contributed by atoms with Gasteiger partial charge in [-0.1, -0.05) is 0 Å². The van der Waals surface area contributed by atoms with Crippen LogP contribution in [0.1, 0.15) is 44.1 Å². The number of fused-ring (bicyclic) bond motifs is 4. The molecule has 1 aromatic heterocycles. The lowest BCUT2D eigenvalue weighted by atomic mass is 9.95. The van der Waals surface area contributed by atoms with Crippen LogP contribution in [0.5, 0.6) is 0 Å². The van der Waals surface area contributed by atoms with Crippen LogP contribution in [0.25, 0.3) is 0 Å². The number of hydrogen-bond donors (Lipinski definition) is 2. The van der Waals surface area contributed by atoms with Gasteiger partial charge < -0.3 is 20.1 Å².